The summed E-state index contributed by atoms with van der Waals surface area (Å²) in [5, 5.41) is 7.62. The largest absolute Gasteiger partial charge is 0.487 e. The highest BCUT2D eigenvalue weighted by atomic mass is 35.5. The molecule has 198 valence electrons. The van der Waals surface area contributed by atoms with Crippen molar-refractivity contribution in [2.45, 2.75) is 25.2 Å². The van der Waals surface area contributed by atoms with E-state index >= 15 is 0 Å². The van der Waals surface area contributed by atoms with Gasteiger partial charge in [-0.15, -0.1) is 4.91 Å². The van der Waals surface area contributed by atoms with Gasteiger partial charge in [0.15, 0.2) is 0 Å². The number of benzene rings is 2. The van der Waals surface area contributed by atoms with Crippen LogP contribution < -0.4 is 15.1 Å². The fraction of sp³-hybridized carbons (Fsp3) is 0.231. The Morgan fingerprint density at radius 2 is 2.08 bits per heavy atom. The number of pyridine rings is 1. The molecule has 1 aliphatic rings. The van der Waals surface area contributed by atoms with E-state index < -0.39 is 11.7 Å². The number of alkyl halides is 3. The maximum absolute atomic E-state index is 13.3. The Kier molecular flexibility index (Phi) is 8.16. The molecule has 1 atom stereocenters. The van der Waals surface area contributed by atoms with Gasteiger partial charge in [0.2, 0.25) is 5.91 Å². The molecule has 2 heterocycles. The predicted molar refractivity (Wildman–Crippen MR) is 138 cm³/mol. The molecule has 1 aromatic heterocycles. The molecule has 38 heavy (non-hydrogen) atoms. The van der Waals surface area contributed by atoms with Crippen LogP contribution in [-0.4, -0.2) is 34.9 Å². The van der Waals surface area contributed by atoms with Crippen molar-refractivity contribution in [2.75, 3.05) is 23.4 Å². The van der Waals surface area contributed by atoms with Crippen molar-refractivity contribution in [1.82, 2.24) is 9.88 Å². The van der Waals surface area contributed by atoms with Crippen LogP contribution in [0.5, 0.6) is 5.75 Å². The van der Waals surface area contributed by atoms with Gasteiger partial charge in [0.25, 0.3) is 0 Å². The van der Waals surface area contributed by atoms with E-state index in [1.165, 1.54) is 48.7 Å². The lowest BCUT2D eigenvalue weighted by Crippen LogP contribution is -2.30. The Morgan fingerprint density at radius 3 is 2.79 bits per heavy atom. The summed E-state index contributed by atoms with van der Waals surface area (Å²) in [6.45, 7) is 4.20. The average Bonchev–Trinajstić information content (AvgIpc) is 3.37. The first-order valence-electron chi connectivity index (χ1n) is 11.5. The first-order chi connectivity index (χ1) is 18.2. The number of ether oxygens (including phenoxy) is 1. The molecule has 1 saturated heterocycles. The SMILES string of the molecule is C=CC(=O)N1CCC(Nc2ccncc2N(N=O)c2ccc(OCc3ccccc3C(F)(F)F)c(Cl)c2)C1. The highest BCUT2D eigenvalue weighted by molar-refractivity contribution is 6.32. The van der Waals surface area contributed by atoms with E-state index in [0.717, 1.165) is 11.1 Å². The van der Waals surface area contributed by atoms with E-state index in [4.69, 9.17) is 16.3 Å². The summed E-state index contributed by atoms with van der Waals surface area (Å²) >= 11 is 6.36. The zero-order valence-corrected chi connectivity index (χ0v) is 20.7. The number of anilines is 3. The van der Waals surface area contributed by atoms with Crippen molar-refractivity contribution in [3.63, 3.8) is 0 Å². The number of hydrogen-bond acceptors (Lipinski definition) is 6. The second-order valence-corrected chi connectivity index (χ2v) is 8.87. The zero-order chi connectivity index (χ0) is 27.3. The van der Waals surface area contributed by atoms with E-state index in [9.17, 15) is 22.9 Å². The third-order valence-electron chi connectivity index (χ3n) is 6.01. The molecule has 0 bridgehead atoms. The number of carbonyl (C=O) groups excluding carboxylic acids is 1. The molecule has 4 rings (SSSR count). The van der Waals surface area contributed by atoms with Gasteiger partial charge in [0, 0.05) is 30.9 Å². The van der Waals surface area contributed by atoms with Crippen molar-refractivity contribution < 1.29 is 22.7 Å². The van der Waals surface area contributed by atoms with Crippen LogP contribution in [0.2, 0.25) is 5.02 Å². The summed E-state index contributed by atoms with van der Waals surface area (Å²) in [6.07, 6.45) is 0.462. The first kappa shape index (κ1) is 26.9. The number of nitrogens with one attached hydrogen (secondary N) is 1. The summed E-state index contributed by atoms with van der Waals surface area (Å²) in [5.41, 5.74) is 0.374. The number of amides is 1. The molecule has 0 spiro atoms. The highest BCUT2D eigenvalue weighted by Crippen LogP contribution is 2.37. The maximum atomic E-state index is 13.3. The van der Waals surface area contributed by atoms with E-state index in [-0.39, 0.29) is 34.9 Å². The lowest BCUT2D eigenvalue weighted by molar-refractivity contribution is -0.138. The smallest absolute Gasteiger partial charge is 0.416 e. The topological polar surface area (TPSA) is 87.1 Å². The molecule has 12 heteroatoms. The summed E-state index contributed by atoms with van der Waals surface area (Å²) in [4.78, 5) is 29.6. The van der Waals surface area contributed by atoms with Crippen molar-refractivity contribution in [1.29, 1.82) is 0 Å². The lowest BCUT2D eigenvalue weighted by Gasteiger charge is -2.22. The first-order valence-corrected chi connectivity index (χ1v) is 11.9. The fourth-order valence-corrected chi connectivity index (χ4v) is 4.38. The van der Waals surface area contributed by atoms with Gasteiger partial charge in [-0.25, -0.2) is 0 Å². The molecule has 1 amide bonds. The van der Waals surface area contributed by atoms with Crippen LogP contribution in [0.25, 0.3) is 0 Å². The van der Waals surface area contributed by atoms with Crippen LogP contribution in [0.1, 0.15) is 17.5 Å². The Balaban J connectivity index is 1.51. The molecule has 1 N–H and O–H groups in total. The molecule has 8 nitrogen and oxygen atoms in total. The van der Waals surface area contributed by atoms with Gasteiger partial charge in [-0.3, -0.25) is 9.78 Å². The van der Waals surface area contributed by atoms with Gasteiger partial charge in [0.05, 0.1) is 33.4 Å². The third-order valence-corrected chi connectivity index (χ3v) is 6.31. The number of likely N-dealkylation sites (tertiary alicyclic amines) is 1. The second kappa shape index (κ2) is 11.5. The Hall–Kier alpha value is -4.12. The number of nitroso groups, excluding NO2 is 1. The number of nitrogens with zero attached hydrogens (tertiary/aromatic N) is 4. The van der Waals surface area contributed by atoms with Crippen LogP contribution in [0.3, 0.4) is 0 Å². The van der Waals surface area contributed by atoms with Gasteiger partial charge in [-0.2, -0.15) is 18.2 Å². The quantitative estimate of drug-likeness (QED) is 0.191. The molecular formula is C26H23ClF3N5O3. The molecule has 2 aromatic carbocycles. The molecule has 0 saturated carbocycles. The van der Waals surface area contributed by atoms with E-state index in [0.29, 0.717) is 36.6 Å². The second-order valence-electron chi connectivity index (χ2n) is 8.46. The zero-order valence-electron chi connectivity index (χ0n) is 20.0. The monoisotopic (exact) mass is 545 g/mol. The van der Waals surface area contributed by atoms with Crippen LogP contribution in [0.15, 0.2) is 78.9 Å². The molecular weight excluding hydrogens is 523 g/mol. The fourth-order valence-electron chi connectivity index (χ4n) is 4.15. The van der Waals surface area contributed by atoms with E-state index in [1.54, 1.807) is 17.2 Å². The summed E-state index contributed by atoms with van der Waals surface area (Å²) in [5.74, 6) is -0.0139. The highest BCUT2D eigenvalue weighted by Gasteiger charge is 2.33. The summed E-state index contributed by atoms with van der Waals surface area (Å²) in [6, 6.07) is 11.1. The standard InChI is InChI=1S/C26H23ClF3N5O3/c1-2-25(36)34-12-10-18(15-34)32-22-9-11-31-14-23(22)35(33-37)19-7-8-24(21(27)13-19)38-16-17-5-3-4-6-20(17)26(28,29)30/h2-9,11,13-14,18H,1,10,12,15-16H2,(H,31,32). The van der Waals surface area contributed by atoms with Gasteiger partial charge in [-0.05, 0) is 42.8 Å². The summed E-state index contributed by atoms with van der Waals surface area (Å²) in [7, 11) is 0. The Bertz CT molecular complexity index is 1340. The van der Waals surface area contributed by atoms with Crippen LogP contribution in [0, 0.1) is 4.91 Å². The number of halogens is 4. The van der Waals surface area contributed by atoms with Crippen LogP contribution in [-0.2, 0) is 17.6 Å². The number of hydrogen-bond donors (Lipinski definition) is 1. The van der Waals surface area contributed by atoms with Crippen molar-refractivity contribution in [3.8, 4) is 5.75 Å². The number of carbonyl (C=O) groups is 1. The number of rotatable bonds is 9. The molecule has 1 aliphatic heterocycles. The van der Waals surface area contributed by atoms with Gasteiger partial charge in [0.1, 0.15) is 18.0 Å². The molecule has 1 unspecified atom stereocenters. The number of aromatic nitrogens is 1. The van der Waals surface area contributed by atoms with E-state index in [1.807, 2.05) is 0 Å². The Morgan fingerprint density at radius 1 is 1.29 bits per heavy atom. The van der Waals surface area contributed by atoms with Crippen LogP contribution >= 0.6 is 11.6 Å². The summed E-state index contributed by atoms with van der Waals surface area (Å²) < 4.78 is 45.4. The average molecular weight is 546 g/mol. The Labute approximate surface area is 221 Å². The van der Waals surface area contributed by atoms with Crippen molar-refractivity contribution in [3.05, 3.63) is 94.6 Å². The van der Waals surface area contributed by atoms with E-state index in [2.05, 4.69) is 22.2 Å². The minimum atomic E-state index is -4.52. The minimum absolute atomic E-state index is 0.0392. The third kappa shape index (κ3) is 6.05. The molecule has 1 fully saturated rings. The molecule has 0 radical (unpaired) electrons. The van der Waals surface area contributed by atoms with Gasteiger partial charge in [-0.1, -0.05) is 36.4 Å². The predicted octanol–water partition coefficient (Wildman–Crippen LogP) is 6.35. The van der Waals surface area contributed by atoms with Crippen molar-refractivity contribution in [2.24, 2.45) is 5.29 Å². The normalized spacial score (nSPS) is 15.2. The van der Waals surface area contributed by atoms with Crippen LogP contribution in [0.4, 0.5) is 30.2 Å². The van der Waals surface area contributed by atoms with Gasteiger partial charge < -0.3 is 15.0 Å². The molecule has 0 aliphatic carbocycles. The lowest BCUT2D eigenvalue weighted by atomic mass is 10.1. The van der Waals surface area contributed by atoms with Crippen molar-refractivity contribution >= 4 is 34.6 Å². The van der Waals surface area contributed by atoms with Gasteiger partial charge >= 0.3 is 6.18 Å². The molecule has 3 aromatic rings. The minimum Gasteiger partial charge on any atom is -0.487 e. The maximum Gasteiger partial charge on any atom is 0.416 e.